The number of nitrogens with zero attached hydrogens (tertiary/aromatic N) is 2. The van der Waals surface area contributed by atoms with Gasteiger partial charge >= 0.3 is 12.1 Å². The van der Waals surface area contributed by atoms with Gasteiger partial charge in [-0.2, -0.15) is 13.2 Å². The average molecular weight is 477 g/mol. The summed E-state index contributed by atoms with van der Waals surface area (Å²) in [6, 6.07) is 10.4. The van der Waals surface area contributed by atoms with E-state index in [0.29, 0.717) is 0 Å². The number of carbonyl (C=O) groups is 4. The number of nitrogens with one attached hydrogen (secondary N) is 1. The summed E-state index contributed by atoms with van der Waals surface area (Å²) in [6.07, 6.45) is -4.65. The molecular formula is C23H22F3N3O5. The lowest BCUT2D eigenvalue weighted by Crippen LogP contribution is -2.52. The fourth-order valence-corrected chi connectivity index (χ4v) is 3.52. The van der Waals surface area contributed by atoms with Crippen LogP contribution in [0.4, 0.5) is 13.2 Å². The van der Waals surface area contributed by atoms with Crippen molar-refractivity contribution >= 4 is 23.7 Å². The summed E-state index contributed by atoms with van der Waals surface area (Å²) in [5.41, 5.74) is -1.07. The third-order valence-electron chi connectivity index (χ3n) is 5.33. The first-order valence-electron chi connectivity index (χ1n) is 10.3. The Kier molecular flexibility index (Phi) is 7.54. The molecular weight excluding hydrogens is 455 g/mol. The highest BCUT2D eigenvalue weighted by Crippen LogP contribution is 2.32. The van der Waals surface area contributed by atoms with E-state index in [0.717, 1.165) is 12.1 Å². The lowest BCUT2D eigenvalue weighted by Gasteiger charge is -2.35. The van der Waals surface area contributed by atoms with Gasteiger partial charge in [0.1, 0.15) is 0 Å². The number of piperazine rings is 1. The molecule has 2 aromatic carbocycles. The normalized spacial score (nSPS) is 13.9. The van der Waals surface area contributed by atoms with Crippen molar-refractivity contribution in [1.29, 1.82) is 0 Å². The van der Waals surface area contributed by atoms with Crippen molar-refractivity contribution < 1.29 is 37.1 Å². The smallest absolute Gasteiger partial charge is 0.417 e. The van der Waals surface area contributed by atoms with Crippen LogP contribution in [-0.2, 0) is 15.7 Å². The predicted molar refractivity (Wildman–Crippen MR) is 114 cm³/mol. The van der Waals surface area contributed by atoms with Gasteiger partial charge in [-0.25, -0.2) is 4.79 Å². The van der Waals surface area contributed by atoms with E-state index >= 15 is 0 Å². The zero-order valence-corrected chi connectivity index (χ0v) is 18.2. The van der Waals surface area contributed by atoms with Crippen molar-refractivity contribution in [3.05, 3.63) is 70.8 Å². The Labute approximate surface area is 193 Å². The van der Waals surface area contributed by atoms with Crippen LogP contribution < -0.4 is 5.32 Å². The van der Waals surface area contributed by atoms with Gasteiger partial charge in [0.05, 0.1) is 30.3 Å². The van der Waals surface area contributed by atoms with E-state index in [1.807, 2.05) is 0 Å². The maximum absolute atomic E-state index is 13.2. The molecule has 0 unspecified atom stereocenters. The third-order valence-corrected chi connectivity index (χ3v) is 5.33. The van der Waals surface area contributed by atoms with Crippen LogP contribution in [0.5, 0.6) is 0 Å². The number of halogens is 3. The Morgan fingerprint density at radius 2 is 1.53 bits per heavy atom. The molecule has 1 N–H and O–H groups in total. The van der Waals surface area contributed by atoms with Gasteiger partial charge in [-0.15, -0.1) is 0 Å². The van der Waals surface area contributed by atoms with Crippen molar-refractivity contribution in [2.45, 2.75) is 6.18 Å². The van der Waals surface area contributed by atoms with Crippen LogP contribution >= 0.6 is 0 Å². The molecule has 1 fully saturated rings. The molecule has 3 amide bonds. The summed E-state index contributed by atoms with van der Waals surface area (Å²) in [6.45, 7) is 0.0445. The van der Waals surface area contributed by atoms with Gasteiger partial charge in [0.25, 0.3) is 11.8 Å². The summed E-state index contributed by atoms with van der Waals surface area (Å²) in [5.74, 6) is -2.31. The van der Waals surface area contributed by atoms with Crippen LogP contribution in [0, 0.1) is 0 Å². The van der Waals surface area contributed by atoms with E-state index in [9.17, 15) is 32.3 Å². The van der Waals surface area contributed by atoms with E-state index < -0.39 is 41.0 Å². The Bertz CT molecular complexity index is 1100. The number of esters is 1. The van der Waals surface area contributed by atoms with Crippen LogP contribution in [0.25, 0.3) is 0 Å². The minimum absolute atomic E-state index is 0.0614. The number of hydrogen-bond donors (Lipinski definition) is 1. The monoisotopic (exact) mass is 477 g/mol. The Morgan fingerprint density at radius 1 is 0.912 bits per heavy atom. The summed E-state index contributed by atoms with van der Waals surface area (Å²) in [7, 11) is 1.22. The molecule has 0 aromatic heterocycles. The molecule has 0 aliphatic carbocycles. The second-order valence-electron chi connectivity index (χ2n) is 7.47. The number of ether oxygens (including phenoxy) is 1. The first-order chi connectivity index (χ1) is 16.1. The van der Waals surface area contributed by atoms with Crippen molar-refractivity contribution in [2.24, 2.45) is 0 Å². The predicted octanol–water partition coefficient (Wildman–Crippen LogP) is 2.21. The summed E-state index contributed by atoms with van der Waals surface area (Å²) >= 11 is 0. The maximum Gasteiger partial charge on any atom is 0.417 e. The van der Waals surface area contributed by atoms with Crippen LogP contribution in [0.3, 0.4) is 0 Å². The lowest BCUT2D eigenvalue weighted by molar-refractivity contribution is -0.138. The highest BCUT2D eigenvalue weighted by atomic mass is 19.4. The maximum atomic E-state index is 13.2. The molecule has 11 heteroatoms. The number of methoxy groups -OCH3 is 1. The largest absolute Gasteiger partial charge is 0.465 e. The van der Waals surface area contributed by atoms with Crippen LogP contribution in [0.2, 0.25) is 0 Å². The minimum atomic E-state index is -4.65. The SMILES string of the molecule is COC(=O)c1cccc(C(=O)NCC(=O)N2CCN(C(=O)c3ccccc3C(F)(F)F)CC2)c1. The third kappa shape index (κ3) is 5.72. The number of hydrogen-bond acceptors (Lipinski definition) is 5. The second-order valence-corrected chi connectivity index (χ2v) is 7.47. The molecule has 1 saturated heterocycles. The molecule has 0 atom stereocenters. The van der Waals surface area contributed by atoms with Gasteiger partial charge < -0.3 is 19.9 Å². The fourth-order valence-electron chi connectivity index (χ4n) is 3.52. The average Bonchev–Trinajstić information content (AvgIpc) is 2.85. The summed E-state index contributed by atoms with van der Waals surface area (Å²) in [5, 5.41) is 2.48. The van der Waals surface area contributed by atoms with Crippen molar-refractivity contribution in [3.8, 4) is 0 Å². The van der Waals surface area contributed by atoms with Gasteiger partial charge in [0, 0.05) is 31.7 Å². The first-order valence-corrected chi connectivity index (χ1v) is 10.3. The van der Waals surface area contributed by atoms with Crippen molar-refractivity contribution in [2.75, 3.05) is 39.8 Å². The van der Waals surface area contributed by atoms with Crippen LogP contribution in [0.15, 0.2) is 48.5 Å². The van der Waals surface area contributed by atoms with Gasteiger partial charge in [0.2, 0.25) is 5.91 Å². The van der Waals surface area contributed by atoms with Crippen LogP contribution in [-0.4, -0.2) is 73.3 Å². The molecule has 1 heterocycles. The van der Waals surface area contributed by atoms with Gasteiger partial charge in [0.15, 0.2) is 0 Å². The molecule has 180 valence electrons. The molecule has 1 aliphatic heterocycles. The fraction of sp³-hybridized carbons (Fsp3) is 0.304. The number of benzene rings is 2. The zero-order valence-electron chi connectivity index (χ0n) is 18.2. The van der Waals surface area contributed by atoms with E-state index in [1.54, 1.807) is 0 Å². The Hall–Kier alpha value is -3.89. The van der Waals surface area contributed by atoms with Crippen LogP contribution in [0.1, 0.15) is 36.6 Å². The zero-order chi connectivity index (χ0) is 24.9. The molecule has 0 saturated carbocycles. The van der Waals surface area contributed by atoms with Crippen molar-refractivity contribution in [1.82, 2.24) is 15.1 Å². The second kappa shape index (κ2) is 10.4. The van der Waals surface area contributed by atoms with E-state index in [4.69, 9.17) is 0 Å². The molecule has 0 bridgehead atoms. The standard InChI is InChI=1S/C23H22F3N3O5/c1-34-22(33)16-6-4-5-15(13-16)20(31)27-14-19(30)28-9-11-29(12-10-28)21(32)17-7-2-3-8-18(17)23(24,25)26/h2-8,13H,9-12,14H2,1H3,(H,27,31). The first kappa shape index (κ1) is 24.7. The highest BCUT2D eigenvalue weighted by Gasteiger charge is 2.36. The Balaban J connectivity index is 1.54. The quantitative estimate of drug-likeness (QED) is 0.667. The van der Waals surface area contributed by atoms with Gasteiger partial charge in [-0.05, 0) is 30.3 Å². The van der Waals surface area contributed by atoms with E-state index in [1.165, 1.54) is 53.3 Å². The number of amides is 3. The molecule has 1 aliphatic rings. The number of rotatable bonds is 5. The summed E-state index contributed by atoms with van der Waals surface area (Å²) < 4.78 is 44.3. The molecule has 34 heavy (non-hydrogen) atoms. The molecule has 8 nitrogen and oxygen atoms in total. The molecule has 0 spiro atoms. The van der Waals surface area contributed by atoms with Crippen molar-refractivity contribution in [3.63, 3.8) is 0 Å². The minimum Gasteiger partial charge on any atom is -0.465 e. The molecule has 2 aromatic rings. The molecule has 3 rings (SSSR count). The van der Waals surface area contributed by atoms with E-state index in [2.05, 4.69) is 10.1 Å². The number of alkyl halides is 3. The molecule has 0 radical (unpaired) electrons. The number of carbonyl (C=O) groups excluding carboxylic acids is 4. The highest BCUT2D eigenvalue weighted by molar-refractivity contribution is 5.99. The topological polar surface area (TPSA) is 96.0 Å². The van der Waals surface area contributed by atoms with E-state index in [-0.39, 0.29) is 43.9 Å². The summed E-state index contributed by atoms with van der Waals surface area (Å²) in [4.78, 5) is 51.7. The lowest BCUT2D eigenvalue weighted by atomic mass is 10.1. The van der Waals surface area contributed by atoms with Gasteiger partial charge in [-0.1, -0.05) is 18.2 Å². The van der Waals surface area contributed by atoms with Gasteiger partial charge in [-0.3, -0.25) is 14.4 Å². The Morgan fingerprint density at radius 3 is 2.18 bits per heavy atom.